The Morgan fingerprint density at radius 1 is 0.340 bits per heavy atom. The second-order valence-corrected chi connectivity index (χ2v) is 12.8. The van der Waals surface area contributed by atoms with Gasteiger partial charge in [0, 0.05) is 39.1 Å². The van der Waals surface area contributed by atoms with Gasteiger partial charge in [0.2, 0.25) is 0 Å². The molecule has 0 atom stereocenters. The summed E-state index contributed by atoms with van der Waals surface area (Å²) in [5.41, 5.74) is 13.9. The maximum absolute atomic E-state index is 4.89. The van der Waals surface area contributed by atoms with Crippen LogP contribution in [0.1, 0.15) is 0 Å². The predicted octanol–water partition coefficient (Wildman–Crippen LogP) is 12.3. The van der Waals surface area contributed by atoms with Gasteiger partial charge in [0.15, 0.2) is 0 Å². The Balaban J connectivity index is 1.18. The highest BCUT2D eigenvalue weighted by atomic mass is 15.0. The largest absolute Gasteiger partial charge is 0.309 e. The molecule has 0 radical (unpaired) electrons. The Labute approximate surface area is 290 Å². The van der Waals surface area contributed by atoms with Gasteiger partial charge in [-0.25, -0.2) is 4.98 Å². The van der Waals surface area contributed by atoms with E-state index >= 15 is 0 Å². The summed E-state index contributed by atoms with van der Waals surface area (Å²) in [5.74, 6) is 0. The molecule has 3 nitrogen and oxygen atoms in total. The standard InChI is InChI=1S/C47H31N3/c1-3-12-32(13-4-1)34-23-26-37(27-24-34)50-45-31-36(25-28-40(45)41-20-11-29-48-47(41)50)39-19-10-22-44-46(39)42-18-7-8-21-43(42)49(44)38-17-9-16-35(30-38)33-14-5-2-6-15-33/h1-31H. The number of hydrogen-bond donors (Lipinski definition) is 0. The van der Waals surface area contributed by atoms with Crippen LogP contribution in [-0.4, -0.2) is 14.1 Å². The first kappa shape index (κ1) is 28.3. The number of hydrogen-bond acceptors (Lipinski definition) is 1. The van der Waals surface area contributed by atoms with Gasteiger partial charge in [-0.3, -0.25) is 4.57 Å². The Hall–Kier alpha value is -6.71. The molecule has 10 rings (SSSR count). The molecular formula is C47H31N3. The molecule has 3 heteroatoms. The van der Waals surface area contributed by atoms with Gasteiger partial charge in [-0.15, -0.1) is 0 Å². The van der Waals surface area contributed by atoms with Crippen molar-refractivity contribution in [2.45, 2.75) is 0 Å². The van der Waals surface area contributed by atoms with Crippen LogP contribution in [0.2, 0.25) is 0 Å². The summed E-state index contributed by atoms with van der Waals surface area (Å²) in [7, 11) is 0. The van der Waals surface area contributed by atoms with Crippen LogP contribution < -0.4 is 0 Å². The Morgan fingerprint density at radius 2 is 0.980 bits per heavy atom. The first-order chi connectivity index (χ1) is 24.8. The number of aromatic nitrogens is 3. The van der Waals surface area contributed by atoms with Crippen LogP contribution in [0.4, 0.5) is 0 Å². The van der Waals surface area contributed by atoms with E-state index in [1.807, 2.05) is 12.3 Å². The Kier molecular flexibility index (Phi) is 6.49. The van der Waals surface area contributed by atoms with Gasteiger partial charge < -0.3 is 4.57 Å². The zero-order chi connectivity index (χ0) is 33.0. The molecule has 0 aliphatic heterocycles. The highest BCUT2D eigenvalue weighted by Crippen LogP contribution is 2.41. The second-order valence-electron chi connectivity index (χ2n) is 12.8. The fraction of sp³-hybridized carbons (Fsp3) is 0. The number of nitrogens with zero attached hydrogens (tertiary/aromatic N) is 3. The van der Waals surface area contributed by atoms with Gasteiger partial charge in [-0.1, -0.05) is 127 Å². The molecule has 50 heavy (non-hydrogen) atoms. The molecule has 3 aromatic heterocycles. The van der Waals surface area contributed by atoms with Gasteiger partial charge in [0.25, 0.3) is 0 Å². The molecule has 0 bridgehead atoms. The number of pyridine rings is 1. The molecule has 0 saturated carbocycles. The van der Waals surface area contributed by atoms with Crippen molar-refractivity contribution in [3.05, 3.63) is 188 Å². The summed E-state index contributed by atoms with van der Waals surface area (Å²) >= 11 is 0. The van der Waals surface area contributed by atoms with Gasteiger partial charge >= 0.3 is 0 Å². The third-order valence-corrected chi connectivity index (χ3v) is 9.98. The summed E-state index contributed by atoms with van der Waals surface area (Å²) in [4.78, 5) is 4.89. The van der Waals surface area contributed by atoms with Crippen molar-refractivity contribution in [3.8, 4) is 44.8 Å². The normalized spacial score (nSPS) is 11.6. The number of para-hydroxylation sites is 1. The average Bonchev–Trinajstić information content (AvgIpc) is 3.71. The van der Waals surface area contributed by atoms with E-state index in [4.69, 9.17) is 4.98 Å². The van der Waals surface area contributed by atoms with Crippen LogP contribution in [-0.2, 0) is 0 Å². The predicted molar refractivity (Wildman–Crippen MR) is 209 cm³/mol. The third-order valence-electron chi connectivity index (χ3n) is 9.98. The van der Waals surface area contributed by atoms with Crippen molar-refractivity contribution in [2.24, 2.45) is 0 Å². The summed E-state index contributed by atoms with van der Waals surface area (Å²) in [5, 5.41) is 4.83. The van der Waals surface area contributed by atoms with Crippen LogP contribution in [0.5, 0.6) is 0 Å². The van der Waals surface area contributed by atoms with Gasteiger partial charge in [0.05, 0.1) is 16.6 Å². The summed E-state index contributed by atoms with van der Waals surface area (Å²) in [6, 6.07) is 65.4. The van der Waals surface area contributed by atoms with Crippen LogP contribution in [0.25, 0.3) is 88.5 Å². The molecule has 0 unspecified atom stereocenters. The van der Waals surface area contributed by atoms with E-state index in [-0.39, 0.29) is 0 Å². The van der Waals surface area contributed by atoms with E-state index in [1.165, 1.54) is 60.6 Å². The highest BCUT2D eigenvalue weighted by molar-refractivity contribution is 6.17. The van der Waals surface area contributed by atoms with E-state index in [0.717, 1.165) is 27.9 Å². The monoisotopic (exact) mass is 637 g/mol. The smallest absolute Gasteiger partial charge is 0.145 e. The van der Waals surface area contributed by atoms with Crippen LogP contribution in [0, 0.1) is 0 Å². The third kappa shape index (κ3) is 4.48. The van der Waals surface area contributed by atoms with E-state index in [1.54, 1.807) is 0 Å². The molecule has 234 valence electrons. The Morgan fingerprint density at radius 3 is 1.80 bits per heavy atom. The SMILES string of the molecule is c1ccc(-c2ccc(-n3c4cc(-c5cccc6c5c5ccccc5n6-c5cccc(-c6ccccc6)c5)ccc4c4cccnc43)cc2)cc1. The molecule has 10 aromatic rings. The zero-order valence-corrected chi connectivity index (χ0v) is 27.2. The van der Waals surface area contributed by atoms with Crippen LogP contribution >= 0.6 is 0 Å². The quantitative estimate of drug-likeness (QED) is 0.184. The second kappa shape index (κ2) is 11.5. The van der Waals surface area contributed by atoms with Crippen molar-refractivity contribution < 1.29 is 0 Å². The van der Waals surface area contributed by atoms with Gasteiger partial charge in [-0.05, 0) is 88.0 Å². The molecule has 7 aromatic carbocycles. The molecule has 0 amide bonds. The molecule has 0 aliphatic carbocycles. The summed E-state index contributed by atoms with van der Waals surface area (Å²) in [6.45, 7) is 0. The molecule has 0 fully saturated rings. The van der Waals surface area contributed by atoms with E-state index in [9.17, 15) is 0 Å². The molecule has 0 saturated heterocycles. The fourth-order valence-electron chi connectivity index (χ4n) is 7.70. The van der Waals surface area contributed by atoms with E-state index < -0.39 is 0 Å². The lowest BCUT2D eigenvalue weighted by Gasteiger charge is -2.12. The van der Waals surface area contributed by atoms with E-state index in [2.05, 4.69) is 185 Å². The molecular weight excluding hydrogens is 607 g/mol. The lowest BCUT2D eigenvalue weighted by Crippen LogP contribution is -1.95. The van der Waals surface area contributed by atoms with E-state index in [0.29, 0.717) is 0 Å². The lowest BCUT2D eigenvalue weighted by atomic mass is 9.98. The first-order valence-electron chi connectivity index (χ1n) is 17.1. The Bertz CT molecular complexity index is 2840. The molecule has 0 N–H and O–H groups in total. The van der Waals surface area contributed by atoms with Crippen LogP contribution in [0.15, 0.2) is 188 Å². The number of fused-ring (bicyclic) bond motifs is 6. The lowest BCUT2D eigenvalue weighted by molar-refractivity contribution is 1.14. The summed E-state index contributed by atoms with van der Waals surface area (Å²) in [6.07, 6.45) is 1.89. The zero-order valence-electron chi connectivity index (χ0n) is 27.2. The molecule has 0 aliphatic rings. The van der Waals surface area contributed by atoms with Gasteiger partial charge in [0.1, 0.15) is 5.65 Å². The number of rotatable bonds is 5. The maximum atomic E-state index is 4.89. The van der Waals surface area contributed by atoms with Crippen molar-refractivity contribution in [3.63, 3.8) is 0 Å². The highest BCUT2D eigenvalue weighted by Gasteiger charge is 2.19. The van der Waals surface area contributed by atoms with Crippen molar-refractivity contribution >= 4 is 43.7 Å². The summed E-state index contributed by atoms with van der Waals surface area (Å²) < 4.78 is 4.72. The molecule has 3 heterocycles. The number of benzene rings is 7. The van der Waals surface area contributed by atoms with Crippen molar-refractivity contribution in [2.75, 3.05) is 0 Å². The fourth-order valence-corrected chi connectivity index (χ4v) is 7.70. The van der Waals surface area contributed by atoms with Crippen LogP contribution in [0.3, 0.4) is 0 Å². The first-order valence-corrected chi connectivity index (χ1v) is 17.1. The molecule has 0 spiro atoms. The average molecular weight is 638 g/mol. The minimum Gasteiger partial charge on any atom is -0.309 e. The van der Waals surface area contributed by atoms with Crippen molar-refractivity contribution in [1.29, 1.82) is 0 Å². The topological polar surface area (TPSA) is 22.8 Å². The minimum atomic E-state index is 0.959. The van der Waals surface area contributed by atoms with Crippen molar-refractivity contribution in [1.82, 2.24) is 14.1 Å². The van der Waals surface area contributed by atoms with Gasteiger partial charge in [-0.2, -0.15) is 0 Å². The minimum absolute atomic E-state index is 0.959. The maximum Gasteiger partial charge on any atom is 0.145 e.